The first-order valence-electron chi connectivity index (χ1n) is 3.36. The normalized spacial score (nSPS) is 10.4. The Morgan fingerprint density at radius 2 is 1.36 bits per heavy atom. The summed E-state index contributed by atoms with van der Waals surface area (Å²) < 4.78 is 0. The first-order chi connectivity index (χ1) is 4.97. The molecule has 0 fully saturated rings. The highest BCUT2D eigenvalue weighted by Gasteiger charge is 2.14. The van der Waals surface area contributed by atoms with Crippen LogP contribution in [-0.4, -0.2) is 44.7 Å². The van der Waals surface area contributed by atoms with Crippen molar-refractivity contribution in [2.45, 2.75) is 25.7 Å². The van der Waals surface area contributed by atoms with Crippen LogP contribution in [0.3, 0.4) is 0 Å². The second-order valence-electron chi connectivity index (χ2n) is 1.97. The second-order valence-corrected chi connectivity index (χ2v) is 1.97. The van der Waals surface area contributed by atoms with E-state index in [-0.39, 0.29) is 19.6 Å². The van der Waals surface area contributed by atoms with Gasteiger partial charge in [0.05, 0.1) is 13.2 Å². The van der Waals surface area contributed by atoms with Gasteiger partial charge < -0.3 is 25.5 Å². The third-order valence-electron chi connectivity index (χ3n) is 0.685. The first kappa shape index (κ1) is 13.4. The van der Waals surface area contributed by atoms with Gasteiger partial charge in [0, 0.05) is 6.42 Å². The highest BCUT2D eigenvalue weighted by molar-refractivity contribution is 4.41. The predicted molar refractivity (Wildman–Crippen MR) is 38.5 cm³/mol. The number of aliphatic hydroxyl groups excluding tert-OH is 2. The lowest BCUT2D eigenvalue weighted by molar-refractivity contribution is -0.314. The number of hydrogen-bond acceptors (Lipinski definition) is 5. The van der Waals surface area contributed by atoms with Crippen LogP contribution in [0.4, 0.5) is 0 Å². The fourth-order valence-corrected chi connectivity index (χ4v) is 0.335. The highest BCUT2D eigenvalue weighted by atomic mass is 16.7. The van der Waals surface area contributed by atoms with Crippen molar-refractivity contribution in [3.63, 3.8) is 0 Å². The molecule has 0 aromatic rings. The topological polar surface area (TPSA) is 101 Å². The van der Waals surface area contributed by atoms with Crippen LogP contribution in [0.25, 0.3) is 0 Å². The van der Waals surface area contributed by atoms with Crippen molar-refractivity contribution in [1.29, 1.82) is 0 Å². The minimum absolute atomic E-state index is 0.00694. The predicted octanol–water partition coefficient (Wildman–Crippen LogP) is -1.61. The second kappa shape index (κ2) is 7.90. The summed E-state index contributed by atoms with van der Waals surface area (Å²) in [5.41, 5.74) is 0. The van der Waals surface area contributed by atoms with Crippen molar-refractivity contribution in [2.24, 2.45) is 0 Å². The Morgan fingerprint density at radius 3 is 1.36 bits per heavy atom. The summed E-state index contributed by atoms with van der Waals surface area (Å²) in [4.78, 5) is 0. The van der Waals surface area contributed by atoms with E-state index in [1.807, 2.05) is 0 Å². The smallest absolute Gasteiger partial charge is 0.275 e. The van der Waals surface area contributed by atoms with Gasteiger partial charge in [0.1, 0.15) is 0 Å². The zero-order chi connectivity index (χ0) is 9.33. The van der Waals surface area contributed by atoms with E-state index in [2.05, 4.69) is 0 Å². The Balaban J connectivity index is 0. The molecule has 0 radical (unpaired) electrons. The number of rotatable bonds is 3. The summed E-state index contributed by atoms with van der Waals surface area (Å²) in [6.45, 7) is 1.50. The van der Waals surface area contributed by atoms with Crippen LogP contribution >= 0.6 is 0 Å². The maximum absolute atomic E-state index is 8.13. The summed E-state index contributed by atoms with van der Waals surface area (Å²) in [6.07, 6.45) is 0.566. The lowest BCUT2D eigenvalue weighted by Gasteiger charge is -2.10. The molecule has 5 N–H and O–H groups in total. The van der Waals surface area contributed by atoms with E-state index in [1.54, 1.807) is 6.92 Å². The van der Waals surface area contributed by atoms with E-state index in [0.29, 0.717) is 6.42 Å². The quantitative estimate of drug-likeness (QED) is 0.326. The van der Waals surface area contributed by atoms with Gasteiger partial charge in [-0.15, -0.1) is 0 Å². The maximum atomic E-state index is 8.13. The van der Waals surface area contributed by atoms with Crippen molar-refractivity contribution >= 4 is 0 Å². The van der Waals surface area contributed by atoms with Gasteiger partial charge in [0.25, 0.3) is 5.97 Å². The van der Waals surface area contributed by atoms with Crippen molar-refractivity contribution in [3.05, 3.63) is 0 Å². The molecule has 0 heterocycles. The molecule has 70 valence electrons. The van der Waals surface area contributed by atoms with Crippen LogP contribution in [0, 0.1) is 0 Å². The maximum Gasteiger partial charge on any atom is 0.275 e. The van der Waals surface area contributed by atoms with Crippen LogP contribution in [0.2, 0.25) is 0 Å². The van der Waals surface area contributed by atoms with Gasteiger partial charge in [0.15, 0.2) is 0 Å². The number of aliphatic hydroxyl groups is 5. The van der Waals surface area contributed by atoms with E-state index in [1.165, 1.54) is 0 Å². The van der Waals surface area contributed by atoms with Gasteiger partial charge in [-0.05, 0) is 6.42 Å². The molecule has 11 heavy (non-hydrogen) atoms. The molecule has 5 nitrogen and oxygen atoms in total. The Kier molecular flexibility index (Phi) is 9.62. The van der Waals surface area contributed by atoms with Crippen molar-refractivity contribution in [2.75, 3.05) is 13.2 Å². The molecule has 0 aromatic heterocycles. The van der Waals surface area contributed by atoms with E-state index in [4.69, 9.17) is 25.5 Å². The molecule has 0 aliphatic heterocycles. The third kappa shape index (κ3) is 25.9. The van der Waals surface area contributed by atoms with Crippen LogP contribution < -0.4 is 0 Å². The van der Waals surface area contributed by atoms with Gasteiger partial charge in [0.2, 0.25) is 0 Å². The molecule has 0 saturated heterocycles. The van der Waals surface area contributed by atoms with Crippen molar-refractivity contribution < 1.29 is 25.5 Å². The van der Waals surface area contributed by atoms with Gasteiger partial charge in [-0.2, -0.15) is 0 Å². The minimum atomic E-state index is -2.45. The molecule has 0 saturated carbocycles. The molecule has 0 aliphatic carbocycles. The van der Waals surface area contributed by atoms with Crippen LogP contribution in [0.1, 0.15) is 19.8 Å². The molecule has 0 bridgehead atoms. The molecule has 0 spiro atoms. The van der Waals surface area contributed by atoms with E-state index >= 15 is 0 Å². The SMILES string of the molecule is CCCC(O)(O)O.OCCO. The average Bonchev–Trinajstić information content (AvgIpc) is 1.86. The fourth-order valence-electron chi connectivity index (χ4n) is 0.335. The van der Waals surface area contributed by atoms with Gasteiger partial charge >= 0.3 is 0 Å². The number of hydrogen-bond donors (Lipinski definition) is 5. The summed E-state index contributed by atoms with van der Waals surface area (Å²) >= 11 is 0. The van der Waals surface area contributed by atoms with E-state index in [0.717, 1.165) is 0 Å². The van der Waals surface area contributed by atoms with Gasteiger partial charge in [-0.25, -0.2) is 0 Å². The lowest BCUT2D eigenvalue weighted by atomic mass is 10.3. The molecule has 0 aliphatic rings. The van der Waals surface area contributed by atoms with Crippen molar-refractivity contribution in [1.82, 2.24) is 0 Å². The monoisotopic (exact) mass is 168 g/mol. The summed E-state index contributed by atoms with van der Waals surface area (Å²) in [7, 11) is 0. The third-order valence-corrected chi connectivity index (χ3v) is 0.685. The summed E-state index contributed by atoms with van der Waals surface area (Å²) in [5.74, 6) is -2.45. The zero-order valence-electron chi connectivity index (χ0n) is 6.56. The Labute approximate surface area is 65.5 Å². The minimum Gasteiger partial charge on any atom is -0.394 e. The highest BCUT2D eigenvalue weighted by Crippen LogP contribution is 2.01. The Morgan fingerprint density at radius 1 is 1.00 bits per heavy atom. The van der Waals surface area contributed by atoms with Gasteiger partial charge in [-0.3, -0.25) is 0 Å². The average molecular weight is 168 g/mol. The molecule has 0 unspecified atom stereocenters. The van der Waals surface area contributed by atoms with Gasteiger partial charge in [-0.1, -0.05) is 6.92 Å². The molecule has 0 atom stereocenters. The first-order valence-corrected chi connectivity index (χ1v) is 3.36. The molecule has 5 heteroatoms. The van der Waals surface area contributed by atoms with Crippen LogP contribution in [-0.2, 0) is 0 Å². The fraction of sp³-hybridized carbons (Fsp3) is 1.00. The van der Waals surface area contributed by atoms with E-state index in [9.17, 15) is 0 Å². The van der Waals surface area contributed by atoms with E-state index < -0.39 is 5.97 Å². The largest absolute Gasteiger partial charge is 0.394 e. The Hall–Kier alpha value is -0.200. The van der Waals surface area contributed by atoms with Crippen LogP contribution in [0.5, 0.6) is 0 Å². The Bertz CT molecular complexity index is 65.9. The van der Waals surface area contributed by atoms with Crippen LogP contribution in [0.15, 0.2) is 0 Å². The summed E-state index contributed by atoms with van der Waals surface area (Å²) in [5, 5.41) is 39.6. The zero-order valence-corrected chi connectivity index (χ0v) is 6.56. The lowest BCUT2D eigenvalue weighted by Crippen LogP contribution is -2.26. The standard InChI is InChI=1S/C4H10O3.C2H6O2/c1-2-3-4(5,6)7;3-1-2-4/h5-7H,2-3H2,1H3;3-4H,1-2H2. The molecule has 0 aromatic carbocycles. The molecular formula is C6H16O5. The molecular weight excluding hydrogens is 152 g/mol. The van der Waals surface area contributed by atoms with Crippen molar-refractivity contribution in [3.8, 4) is 0 Å². The molecule has 0 rings (SSSR count). The summed E-state index contributed by atoms with van der Waals surface area (Å²) in [6, 6.07) is 0. The molecule has 0 amide bonds.